The van der Waals surface area contributed by atoms with Gasteiger partial charge in [-0.15, -0.1) is 0 Å². The predicted octanol–water partition coefficient (Wildman–Crippen LogP) is 4.56. The van der Waals surface area contributed by atoms with Crippen LogP contribution in [-0.2, 0) is 14.3 Å². The third kappa shape index (κ3) is 3.61. The van der Waals surface area contributed by atoms with E-state index in [0.717, 1.165) is 11.1 Å². The van der Waals surface area contributed by atoms with Gasteiger partial charge in [-0.2, -0.15) is 0 Å². The SMILES string of the molecule is C=C/C=C/CC1=C(C)[C@H](OC(=O)[C@H]2[C@H](C=C(C)C)C2(C)C)CC1=O. The van der Waals surface area contributed by atoms with Gasteiger partial charge in [-0.1, -0.05) is 50.3 Å². The Morgan fingerprint density at radius 1 is 1.38 bits per heavy atom. The number of ketones is 1. The molecule has 0 aromatic carbocycles. The van der Waals surface area contributed by atoms with Crippen LogP contribution in [-0.4, -0.2) is 17.9 Å². The van der Waals surface area contributed by atoms with Gasteiger partial charge in [-0.3, -0.25) is 9.59 Å². The minimum Gasteiger partial charge on any atom is -0.457 e. The van der Waals surface area contributed by atoms with Crippen molar-refractivity contribution >= 4 is 11.8 Å². The van der Waals surface area contributed by atoms with E-state index in [9.17, 15) is 9.59 Å². The molecule has 130 valence electrons. The predicted molar refractivity (Wildman–Crippen MR) is 96.4 cm³/mol. The summed E-state index contributed by atoms with van der Waals surface area (Å²) in [6, 6.07) is 0. The van der Waals surface area contributed by atoms with Gasteiger partial charge in [0.25, 0.3) is 0 Å². The van der Waals surface area contributed by atoms with Crippen molar-refractivity contribution in [3.8, 4) is 0 Å². The van der Waals surface area contributed by atoms with E-state index >= 15 is 0 Å². The molecule has 3 atom stereocenters. The third-order valence-electron chi connectivity index (χ3n) is 5.20. The molecule has 1 fully saturated rings. The summed E-state index contributed by atoms with van der Waals surface area (Å²) < 4.78 is 5.71. The van der Waals surface area contributed by atoms with Crippen molar-refractivity contribution in [3.63, 3.8) is 0 Å². The van der Waals surface area contributed by atoms with E-state index in [0.29, 0.717) is 6.42 Å². The Balaban J connectivity index is 2.05. The Morgan fingerprint density at radius 2 is 2.04 bits per heavy atom. The highest BCUT2D eigenvalue weighted by molar-refractivity contribution is 6.00. The zero-order valence-electron chi connectivity index (χ0n) is 15.4. The highest BCUT2D eigenvalue weighted by Gasteiger charge is 2.61. The van der Waals surface area contributed by atoms with Crippen LogP contribution >= 0.6 is 0 Å². The molecule has 24 heavy (non-hydrogen) atoms. The Labute approximate surface area is 145 Å². The molecule has 0 aromatic rings. The fourth-order valence-electron chi connectivity index (χ4n) is 3.56. The van der Waals surface area contributed by atoms with Crippen LogP contribution in [0.3, 0.4) is 0 Å². The van der Waals surface area contributed by atoms with E-state index in [-0.39, 0.29) is 35.4 Å². The summed E-state index contributed by atoms with van der Waals surface area (Å²) in [5.74, 6) is 0.0175. The van der Waals surface area contributed by atoms with Crippen molar-refractivity contribution in [2.75, 3.05) is 0 Å². The number of allylic oxidation sites excluding steroid dienone is 6. The molecular formula is C21H28O3. The summed E-state index contributed by atoms with van der Waals surface area (Å²) in [6.45, 7) is 13.8. The summed E-state index contributed by atoms with van der Waals surface area (Å²) in [4.78, 5) is 24.8. The summed E-state index contributed by atoms with van der Waals surface area (Å²) in [5, 5.41) is 0. The standard InChI is InChI=1S/C21H28O3/c1-7-8-9-10-15-14(4)18(12-17(15)22)24-20(23)19-16(11-13(2)3)21(19,5)6/h7-9,11,16,18-19H,1,10,12H2,2-6H3/b9-8+/t16-,18+,19+/m0/s1. The molecule has 3 heteroatoms. The molecule has 0 spiro atoms. The van der Waals surface area contributed by atoms with Crippen LogP contribution in [0.1, 0.15) is 47.5 Å². The van der Waals surface area contributed by atoms with Crippen LogP contribution in [0.25, 0.3) is 0 Å². The van der Waals surface area contributed by atoms with Crippen LogP contribution < -0.4 is 0 Å². The molecular weight excluding hydrogens is 300 g/mol. The Bertz CT molecular complexity index is 642. The van der Waals surface area contributed by atoms with E-state index in [1.807, 2.05) is 32.9 Å². The van der Waals surface area contributed by atoms with Gasteiger partial charge in [0.2, 0.25) is 0 Å². The van der Waals surface area contributed by atoms with Crippen LogP contribution in [0.2, 0.25) is 0 Å². The number of hydrogen-bond acceptors (Lipinski definition) is 3. The number of ether oxygens (including phenoxy) is 1. The number of carbonyl (C=O) groups is 2. The molecule has 0 radical (unpaired) electrons. The molecule has 0 N–H and O–H groups in total. The van der Waals surface area contributed by atoms with Crippen molar-refractivity contribution in [1.82, 2.24) is 0 Å². The van der Waals surface area contributed by atoms with E-state index in [4.69, 9.17) is 4.74 Å². The van der Waals surface area contributed by atoms with Crippen molar-refractivity contribution < 1.29 is 14.3 Å². The molecule has 1 saturated carbocycles. The molecule has 0 amide bonds. The first-order valence-corrected chi connectivity index (χ1v) is 8.56. The molecule has 2 rings (SSSR count). The first kappa shape index (κ1) is 18.4. The highest BCUT2D eigenvalue weighted by atomic mass is 16.5. The van der Waals surface area contributed by atoms with Gasteiger partial charge in [0.1, 0.15) is 6.10 Å². The van der Waals surface area contributed by atoms with Crippen LogP contribution in [0.5, 0.6) is 0 Å². The zero-order chi connectivity index (χ0) is 18.1. The summed E-state index contributed by atoms with van der Waals surface area (Å²) >= 11 is 0. The van der Waals surface area contributed by atoms with Crippen LogP contribution in [0.15, 0.2) is 47.6 Å². The quantitative estimate of drug-likeness (QED) is 0.408. The summed E-state index contributed by atoms with van der Waals surface area (Å²) in [6.07, 6.45) is 8.01. The zero-order valence-corrected chi connectivity index (χ0v) is 15.4. The van der Waals surface area contributed by atoms with E-state index in [2.05, 4.69) is 26.5 Å². The highest BCUT2D eigenvalue weighted by Crippen LogP contribution is 2.60. The Hall–Kier alpha value is -1.90. The number of esters is 1. The maximum absolute atomic E-state index is 12.6. The number of hydrogen-bond donors (Lipinski definition) is 0. The molecule has 2 aliphatic carbocycles. The number of rotatable bonds is 6. The topological polar surface area (TPSA) is 43.4 Å². The second kappa shape index (κ2) is 6.92. The first-order valence-electron chi connectivity index (χ1n) is 8.56. The van der Waals surface area contributed by atoms with Gasteiger partial charge >= 0.3 is 5.97 Å². The Kier molecular flexibility index (Phi) is 5.32. The lowest BCUT2D eigenvalue weighted by Gasteiger charge is -2.13. The van der Waals surface area contributed by atoms with Gasteiger partial charge in [-0.05, 0) is 44.1 Å². The molecule has 0 aromatic heterocycles. The fourth-order valence-corrected chi connectivity index (χ4v) is 3.56. The van der Waals surface area contributed by atoms with Crippen molar-refractivity contribution in [2.45, 2.75) is 53.6 Å². The maximum Gasteiger partial charge on any atom is 0.310 e. The fraction of sp³-hybridized carbons (Fsp3) is 0.524. The molecule has 0 unspecified atom stereocenters. The van der Waals surface area contributed by atoms with Crippen LogP contribution in [0, 0.1) is 17.3 Å². The van der Waals surface area contributed by atoms with Gasteiger partial charge in [-0.25, -0.2) is 0 Å². The van der Waals surface area contributed by atoms with Gasteiger partial charge in [0.15, 0.2) is 5.78 Å². The summed E-state index contributed by atoms with van der Waals surface area (Å²) in [7, 11) is 0. The molecule has 3 nitrogen and oxygen atoms in total. The van der Waals surface area contributed by atoms with E-state index in [1.54, 1.807) is 6.08 Å². The lowest BCUT2D eigenvalue weighted by molar-refractivity contribution is -0.150. The molecule has 2 aliphatic rings. The minimum atomic E-state index is -0.402. The van der Waals surface area contributed by atoms with Crippen molar-refractivity contribution in [2.24, 2.45) is 17.3 Å². The van der Waals surface area contributed by atoms with Crippen molar-refractivity contribution in [3.05, 3.63) is 47.6 Å². The second-order valence-electron chi connectivity index (χ2n) is 7.65. The Morgan fingerprint density at radius 3 is 2.62 bits per heavy atom. The lowest BCUT2D eigenvalue weighted by atomic mass is 10.1. The van der Waals surface area contributed by atoms with Gasteiger partial charge < -0.3 is 4.74 Å². The second-order valence-corrected chi connectivity index (χ2v) is 7.65. The molecule has 0 bridgehead atoms. The molecule has 0 saturated heterocycles. The lowest BCUT2D eigenvalue weighted by Crippen LogP contribution is -2.20. The summed E-state index contributed by atoms with van der Waals surface area (Å²) in [5.41, 5.74) is 2.80. The molecule has 0 heterocycles. The smallest absolute Gasteiger partial charge is 0.310 e. The van der Waals surface area contributed by atoms with Crippen molar-refractivity contribution in [1.29, 1.82) is 0 Å². The largest absolute Gasteiger partial charge is 0.457 e. The normalized spacial score (nSPS) is 28.2. The maximum atomic E-state index is 12.6. The van der Waals surface area contributed by atoms with Gasteiger partial charge in [0, 0.05) is 5.57 Å². The monoisotopic (exact) mass is 328 g/mol. The number of Topliss-reactive ketones (excluding diaryl/α,β-unsaturated/α-hetero) is 1. The van der Waals surface area contributed by atoms with E-state index < -0.39 is 6.10 Å². The molecule has 0 aliphatic heterocycles. The van der Waals surface area contributed by atoms with E-state index in [1.165, 1.54) is 5.57 Å². The average Bonchev–Trinajstić information content (AvgIpc) is 2.90. The third-order valence-corrected chi connectivity index (χ3v) is 5.20. The minimum absolute atomic E-state index is 0.0654. The van der Waals surface area contributed by atoms with Gasteiger partial charge in [0.05, 0.1) is 12.3 Å². The average molecular weight is 328 g/mol. The number of carbonyl (C=O) groups excluding carboxylic acids is 2. The first-order chi connectivity index (χ1) is 11.2. The van der Waals surface area contributed by atoms with Crippen LogP contribution in [0.4, 0.5) is 0 Å².